The molecule has 1 amide bonds. The van der Waals surface area contributed by atoms with Crippen LogP contribution in [0, 0.1) is 0 Å². The lowest BCUT2D eigenvalue weighted by molar-refractivity contribution is 0.0983. The minimum atomic E-state index is -0.726. The van der Waals surface area contributed by atoms with Crippen LogP contribution in [0.5, 0.6) is 0 Å². The predicted octanol–water partition coefficient (Wildman–Crippen LogP) is 1.49. The number of hydrogen-bond acceptors (Lipinski definition) is 7. The smallest absolute Gasteiger partial charge is 0.330 e. The molecular weight excluding hydrogens is 462 g/mol. The normalized spacial score (nSPS) is 10.9. The van der Waals surface area contributed by atoms with Crippen LogP contribution in [-0.4, -0.2) is 50.5 Å². The molecule has 0 aliphatic carbocycles. The van der Waals surface area contributed by atoms with Crippen LogP contribution < -0.4 is 21.9 Å². The van der Waals surface area contributed by atoms with Crippen molar-refractivity contribution in [3.05, 3.63) is 105 Å². The van der Waals surface area contributed by atoms with Crippen molar-refractivity contribution in [2.45, 2.75) is 19.5 Å². The molecular formula is C25H27N7O4. The molecule has 11 nitrogen and oxygen atoms in total. The number of aromatic nitrogens is 5. The summed E-state index contributed by atoms with van der Waals surface area (Å²) in [6.45, 7) is 1.20. The molecule has 0 atom stereocenters. The highest BCUT2D eigenvalue weighted by Gasteiger charge is 2.25. The number of carbonyl (C=O) groups excluding carboxylic acids is 1. The number of nitrogens with zero attached hydrogens (tertiary/aromatic N) is 5. The van der Waals surface area contributed by atoms with E-state index in [4.69, 9.17) is 10.5 Å². The lowest BCUT2D eigenvalue weighted by Crippen LogP contribution is -2.42. The largest absolute Gasteiger partial charge is 0.385 e. The second-order valence-corrected chi connectivity index (χ2v) is 8.16. The Bertz CT molecular complexity index is 1410. The van der Waals surface area contributed by atoms with Gasteiger partial charge in [0.2, 0.25) is 0 Å². The van der Waals surface area contributed by atoms with Gasteiger partial charge in [-0.15, -0.1) is 0 Å². The van der Waals surface area contributed by atoms with Crippen molar-refractivity contribution in [2.24, 2.45) is 0 Å². The van der Waals surface area contributed by atoms with Crippen molar-refractivity contribution in [1.82, 2.24) is 24.3 Å². The van der Waals surface area contributed by atoms with Gasteiger partial charge in [-0.3, -0.25) is 19.1 Å². The van der Waals surface area contributed by atoms with E-state index in [1.165, 1.54) is 15.8 Å². The molecule has 4 aromatic rings. The fourth-order valence-corrected chi connectivity index (χ4v) is 3.85. The summed E-state index contributed by atoms with van der Waals surface area (Å²) >= 11 is 0. The van der Waals surface area contributed by atoms with Crippen LogP contribution in [0.3, 0.4) is 0 Å². The number of aromatic amines is 1. The summed E-state index contributed by atoms with van der Waals surface area (Å²) in [5, 5.41) is 4.08. The molecule has 2 heterocycles. The molecule has 0 saturated carbocycles. The maximum atomic E-state index is 13.6. The summed E-state index contributed by atoms with van der Waals surface area (Å²) in [6.07, 6.45) is 3.52. The minimum absolute atomic E-state index is 0.0710. The summed E-state index contributed by atoms with van der Waals surface area (Å²) in [5.41, 5.74) is 7.03. The zero-order valence-corrected chi connectivity index (χ0v) is 19.8. The topological polar surface area (TPSA) is 141 Å². The van der Waals surface area contributed by atoms with Gasteiger partial charge in [-0.2, -0.15) is 5.10 Å². The van der Waals surface area contributed by atoms with Gasteiger partial charge in [0.05, 0.1) is 13.1 Å². The number of nitrogen functional groups attached to an aromatic ring is 1. The number of H-pyrrole nitrogens is 1. The summed E-state index contributed by atoms with van der Waals surface area (Å²) in [7, 11) is 1.56. The van der Waals surface area contributed by atoms with E-state index in [9.17, 15) is 14.4 Å². The van der Waals surface area contributed by atoms with Crippen molar-refractivity contribution in [3.63, 3.8) is 0 Å². The number of anilines is 2. The monoisotopic (exact) mass is 489 g/mol. The zero-order chi connectivity index (χ0) is 25.5. The summed E-state index contributed by atoms with van der Waals surface area (Å²) in [4.78, 5) is 46.6. The van der Waals surface area contributed by atoms with Gasteiger partial charge in [-0.25, -0.2) is 14.5 Å². The molecule has 0 saturated heterocycles. The molecule has 0 fully saturated rings. The molecule has 36 heavy (non-hydrogen) atoms. The Morgan fingerprint density at radius 3 is 2.44 bits per heavy atom. The number of benzene rings is 2. The first-order chi connectivity index (χ1) is 17.5. The van der Waals surface area contributed by atoms with Crippen LogP contribution in [0.4, 0.5) is 11.5 Å². The summed E-state index contributed by atoms with van der Waals surface area (Å²) < 4.78 is 8.06. The number of hydrogen-bond donors (Lipinski definition) is 2. The van der Waals surface area contributed by atoms with Gasteiger partial charge >= 0.3 is 5.69 Å². The van der Waals surface area contributed by atoms with Crippen LogP contribution in [0.2, 0.25) is 0 Å². The zero-order valence-electron chi connectivity index (χ0n) is 19.8. The Kier molecular flexibility index (Phi) is 7.71. The van der Waals surface area contributed by atoms with Crippen LogP contribution >= 0.6 is 0 Å². The van der Waals surface area contributed by atoms with Crippen LogP contribution in [0.15, 0.2) is 76.8 Å². The number of ether oxygens (including phenoxy) is 1. The lowest BCUT2D eigenvalue weighted by Gasteiger charge is -2.24. The Morgan fingerprint density at radius 2 is 1.78 bits per heavy atom. The minimum Gasteiger partial charge on any atom is -0.385 e. The molecule has 2 aromatic heterocycles. The molecule has 0 radical (unpaired) electrons. The van der Waals surface area contributed by atoms with E-state index >= 15 is 0 Å². The fraction of sp³-hybridized carbons (Fsp3) is 0.240. The Morgan fingerprint density at radius 1 is 1.06 bits per heavy atom. The van der Waals surface area contributed by atoms with Gasteiger partial charge in [0.15, 0.2) is 5.69 Å². The summed E-state index contributed by atoms with van der Waals surface area (Å²) in [5.74, 6) is -0.498. The molecule has 0 spiro atoms. The lowest BCUT2D eigenvalue weighted by atomic mass is 10.1. The third-order valence-electron chi connectivity index (χ3n) is 5.65. The van der Waals surface area contributed by atoms with E-state index in [0.29, 0.717) is 25.1 Å². The number of carbonyl (C=O) groups is 1. The standard InChI is InChI=1S/C25H27N7O4/c1-36-13-5-12-31(24(34)20-10-8-19(9-11-20)14-30-17-27-16-28-30)21-22(26)32(25(35)29-23(21)33)15-18-6-3-2-4-7-18/h2-4,6-11,16-17H,5,12-15,26H2,1H3,(H,29,33,35). The van der Waals surface area contributed by atoms with Crippen molar-refractivity contribution in [2.75, 3.05) is 30.9 Å². The molecule has 11 heteroatoms. The fourth-order valence-electron chi connectivity index (χ4n) is 3.85. The second-order valence-electron chi connectivity index (χ2n) is 8.16. The summed E-state index contributed by atoms with van der Waals surface area (Å²) in [6, 6.07) is 16.2. The first-order valence-electron chi connectivity index (χ1n) is 11.4. The molecule has 0 aliphatic rings. The number of nitrogens with two attached hydrogens (primary N) is 1. The second kappa shape index (κ2) is 11.3. The van der Waals surface area contributed by atoms with Gasteiger partial charge < -0.3 is 15.4 Å². The first kappa shape index (κ1) is 24.6. The van der Waals surface area contributed by atoms with Crippen molar-refractivity contribution in [1.29, 1.82) is 0 Å². The first-order valence-corrected chi connectivity index (χ1v) is 11.4. The van der Waals surface area contributed by atoms with E-state index in [1.807, 2.05) is 42.5 Å². The van der Waals surface area contributed by atoms with Crippen LogP contribution in [0.25, 0.3) is 0 Å². The van der Waals surface area contributed by atoms with E-state index in [2.05, 4.69) is 15.1 Å². The SMILES string of the molecule is COCCCN(C(=O)c1ccc(Cn2cncn2)cc1)c1c(N)n(Cc2ccccc2)c(=O)[nH]c1=O. The number of rotatable bonds is 10. The van der Waals surface area contributed by atoms with Crippen molar-refractivity contribution < 1.29 is 9.53 Å². The highest BCUT2D eigenvalue weighted by atomic mass is 16.5. The highest BCUT2D eigenvalue weighted by molar-refractivity contribution is 6.07. The van der Waals surface area contributed by atoms with Gasteiger partial charge in [-0.1, -0.05) is 42.5 Å². The van der Waals surface area contributed by atoms with E-state index < -0.39 is 17.2 Å². The van der Waals surface area contributed by atoms with Crippen LogP contribution in [0.1, 0.15) is 27.9 Å². The van der Waals surface area contributed by atoms with Crippen LogP contribution in [-0.2, 0) is 17.8 Å². The molecule has 3 N–H and O–H groups in total. The van der Waals surface area contributed by atoms with E-state index in [0.717, 1.165) is 11.1 Å². The third kappa shape index (κ3) is 5.58. The highest BCUT2D eigenvalue weighted by Crippen LogP contribution is 2.21. The van der Waals surface area contributed by atoms with Crippen molar-refractivity contribution in [3.8, 4) is 0 Å². The predicted molar refractivity (Wildman–Crippen MR) is 135 cm³/mol. The van der Waals surface area contributed by atoms with Gasteiger partial charge in [-0.05, 0) is 29.7 Å². The number of nitrogens with one attached hydrogen (secondary N) is 1. The Balaban J connectivity index is 1.68. The molecule has 4 rings (SSSR count). The molecule has 0 aliphatic heterocycles. The van der Waals surface area contributed by atoms with E-state index in [-0.39, 0.29) is 24.6 Å². The Labute approximate surface area is 206 Å². The van der Waals surface area contributed by atoms with E-state index in [1.54, 1.807) is 30.3 Å². The van der Waals surface area contributed by atoms with Gasteiger partial charge in [0.1, 0.15) is 18.5 Å². The van der Waals surface area contributed by atoms with Crippen molar-refractivity contribution >= 4 is 17.4 Å². The molecule has 0 bridgehead atoms. The molecule has 0 unspecified atom stereocenters. The average molecular weight is 490 g/mol. The molecule has 186 valence electrons. The quantitative estimate of drug-likeness (QED) is 0.322. The van der Waals surface area contributed by atoms with Gasteiger partial charge in [0, 0.05) is 25.8 Å². The average Bonchev–Trinajstić information content (AvgIpc) is 3.39. The maximum absolute atomic E-state index is 13.6. The number of amides is 1. The van der Waals surface area contributed by atoms with Gasteiger partial charge in [0.25, 0.3) is 11.5 Å². The maximum Gasteiger partial charge on any atom is 0.330 e. The molecule has 2 aromatic carbocycles. The third-order valence-corrected chi connectivity index (χ3v) is 5.65. The number of methoxy groups -OCH3 is 1. The Hall–Kier alpha value is -4.51.